The Balaban J connectivity index is 1.72. The molecule has 1 fully saturated rings. The molecule has 1 aromatic rings. The molecule has 2 amide bonds. The molecule has 2 unspecified atom stereocenters. The number of aliphatic hydroxyl groups is 1. The first-order valence-corrected chi connectivity index (χ1v) is 8.68. The molecule has 0 spiro atoms. The van der Waals surface area contributed by atoms with Gasteiger partial charge < -0.3 is 20.6 Å². The summed E-state index contributed by atoms with van der Waals surface area (Å²) in [5, 5.41) is 15.1. The maximum Gasteiger partial charge on any atom is 0.315 e. The molecular weight excluding hydrogens is 290 g/mol. The summed E-state index contributed by atoms with van der Waals surface area (Å²) in [5.74, 6) is 0.361. The first-order valence-electron chi connectivity index (χ1n) is 8.68. The zero-order valence-corrected chi connectivity index (χ0v) is 14.0. The lowest BCUT2D eigenvalue weighted by Gasteiger charge is -2.20. The van der Waals surface area contributed by atoms with Crippen LogP contribution in [-0.4, -0.2) is 43.4 Å². The Bertz CT molecular complexity index is 461. The molecule has 1 saturated heterocycles. The molecule has 0 radical (unpaired) electrons. The third-order valence-corrected chi connectivity index (χ3v) is 4.43. The largest absolute Gasteiger partial charge is 0.396 e. The lowest BCUT2D eigenvalue weighted by molar-refractivity contribution is 0.227. The van der Waals surface area contributed by atoms with Crippen molar-refractivity contribution >= 4 is 11.7 Å². The molecule has 5 heteroatoms. The van der Waals surface area contributed by atoms with Gasteiger partial charge in [-0.3, -0.25) is 0 Å². The fraction of sp³-hybridized carbons (Fsp3) is 0.611. The Morgan fingerprint density at radius 3 is 2.83 bits per heavy atom. The number of carbonyl (C=O) groups excluding carboxylic acids is 1. The maximum absolute atomic E-state index is 12.1. The molecule has 1 aliphatic heterocycles. The highest BCUT2D eigenvalue weighted by Gasteiger charge is 2.24. The molecule has 0 aromatic heterocycles. The number of anilines is 1. The van der Waals surface area contributed by atoms with E-state index in [4.69, 9.17) is 5.11 Å². The van der Waals surface area contributed by atoms with E-state index in [1.54, 1.807) is 0 Å². The zero-order chi connectivity index (χ0) is 16.5. The molecule has 0 saturated carbocycles. The number of benzene rings is 1. The fourth-order valence-electron chi connectivity index (χ4n) is 3.16. The molecule has 0 bridgehead atoms. The first-order chi connectivity index (χ1) is 11.2. The number of hydrogen-bond donors (Lipinski definition) is 3. The van der Waals surface area contributed by atoms with Crippen molar-refractivity contribution in [3.63, 3.8) is 0 Å². The Hall–Kier alpha value is -1.75. The average molecular weight is 319 g/mol. The van der Waals surface area contributed by atoms with Crippen LogP contribution in [-0.2, 0) is 0 Å². The van der Waals surface area contributed by atoms with Gasteiger partial charge in [0.15, 0.2) is 0 Å². The molecular formula is C18H29N3O2. The van der Waals surface area contributed by atoms with Crippen LogP contribution < -0.4 is 15.5 Å². The van der Waals surface area contributed by atoms with Crippen LogP contribution in [0, 0.1) is 5.92 Å². The molecule has 128 valence electrons. The van der Waals surface area contributed by atoms with Crippen molar-refractivity contribution in [3.8, 4) is 0 Å². The van der Waals surface area contributed by atoms with Crippen molar-refractivity contribution in [3.05, 3.63) is 30.3 Å². The Kier molecular flexibility index (Phi) is 7.20. The number of nitrogens with one attached hydrogen (secondary N) is 2. The van der Waals surface area contributed by atoms with E-state index in [2.05, 4.69) is 34.6 Å². The van der Waals surface area contributed by atoms with Crippen molar-refractivity contribution in [1.82, 2.24) is 10.6 Å². The van der Waals surface area contributed by atoms with Gasteiger partial charge in [-0.05, 0) is 37.3 Å². The number of carbonyl (C=O) groups is 1. The number of aliphatic hydroxyl groups excluding tert-OH is 1. The van der Waals surface area contributed by atoms with Gasteiger partial charge in [0, 0.05) is 38.0 Å². The van der Waals surface area contributed by atoms with Crippen LogP contribution in [0.5, 0.6) is 0 Å². The third-order valence-electron chi connectivity index (χ3n) is 4.43. The van der Waals surface area contributed by atoms with Crippen LogP contribution >= 0.6 is 0 Å². The van der Waals surface area contributed by atoms with E-state index in [1.807, 2.05) is 18.2 Å². The molecule has 1 heterocycles. The highest BCUT2D eigenvalue weighted by Crippen LogP contribution is 2.19. The number of hydrogen-bond acceptors (Lipinski definition) is 3. The van der Waals surface area contributed by atoms with Gasteiger partial charge in [0.1, 0.15) is 0 Å². The van der Waals surface area contributed by atoms with Crippen LogP contribution in [0.15, 0.2) is 30.3 Å². The lowest BCUT2D eigenvalue weighted by atomic mass is 10.0. The van der Waals surface area contributed by atoms with Crippen molar-refractivity contribution < 1.29 is 9.90 Å². The zero-order valence-electron chi connectivity index (χ0n) is 14.0. The number of urea groups is 1. The van der Waals surface area contributed by atoms with Crippen molar-refractivity contribution in [2.45, 2.75) is 38.6 Å². The second-order valence-corrected chi connectivity index (χ2v) is 6.29. The van der Waals surface area contributed by atoms with Crippen molar-refractivity contribution in [2.75, 3.05) is 31.1 Å². The molecule has 5 nitrogen and oxygen atoms in total. The van der Waals surface area contributed by atoms with Gasteiger partial charge in [-0.1, -0.05) is 31.5 Å². The smallest absolute Gasteiger partial charge is 0.315 e. The van der Waals surface area contributed by atoms with E-state index in [0.717, 1.165) is 38.8 Å². The fourth-order valence-corrected chi connectivity index (χ4v) is 3.16. The lowest BCUT2D eigenvalue weighted by Crippen LogP contribution is -2.44. The third kappa shape index (κ3) is 5.75. The molecule has 23 heavy (non-hydrogen) atoms. The topological polar surface area (TPSA) is 64.6 Å². The van der Waals surface area contributed by atoms with Crippen LogP contribution in [0.4, 0.5) is 10.5 Å². The standard InChI is InChI=1S/C18H29N3O2/c1-2-6-15(10-12-22)13-19-18(23)20-16-9-11-21(14-16)17-7-4-3-5-8-17/h3-5,7-8,15-16,22H,2,6,9-14H2,1H3,(H2,19,20,23). The average Bonchev–Trinajstić information content (AvgIpc) is 3.02. The van der Waals surface area contributed by atoms with Crippen LogP contribution in [0.1, 0.15) is 32.6 Å². The summed E-state index contributed by atoms with van der Waals surface area (Å²) in [6.07, 6.45) is 3.82. The molecule has 2 rings (SSSR count). The summed E-state index contributed by atoms with van der Waals surface area (Å²) in [5.41, 5.74) is 1.21. The molecule has 1 aromatic carbocycles. The molecule has 0 aliphatic carbocycles. The first kappa shape index (κ1) is 17.6. The maximum atomic E-state index is 12.1. The minimum atomic E-state index is -0.0936. The monoisotopic (exact) mass is 319 g/mol. The molecule has 3 N–H and O–H groups in total. The van der Waals surface area contributed by atoms with E-state index in [-0.39, 0.29) is 18.7 Å². The number of nitrogens with zero attached hydrogens (tertiary/aromatic N) is 1. The quantitative estimate of drug-likeness (QED) is 0.689. The van der Waals surface area contributed by atoms with Gasteiger partial charge in [-0.15, -0.1) is 0 Å². The SMILES string of the molecule is CCCC(CCO)CNC(=O)NC1CCN(c2ccccc2)C1. The highest BCUT2D eigenvalue weighted by molar-refractivity contribution is 5.74. The summed E-state index contributed by atoms with van der Waals surface area (Å²) in [6.45, 7) is 4.77. The van der Waals surface area contributed by atoms with Gasteiger partial charge in [-0.2, -0.15) is 0 Å². The number of amides is 2. The predicted molar refractivity (Wildman–Crippen MR) is 93.7 cm³/mol. The summed E-state index contributed by atoms with van der Waals surface area (Å²) < 4.78 is 0. The minimum Gasteiger partial charge on any atom is -0.396 e. The Morgan fingerprint density at radius 1 is 1.35 bits per heavy atom. The second kappa shape index (κ2) is 9.40. The highest BCUT2D eigenvalue weighted by atomic mass is 16.3. The number of rotatable bonds is 8. The van der Waals surface area contributed by atoms with E-state index >= 15 is 0 Å². The molecule has 2 atom stereocenters. The Morgan fingerprint density at radius 2 is 2.13 bits per heavy atom. The van der Waals surface area contributed by atoms with E-state index in [9.17, 15) is 4.79 Å². The van der Waals surface area contributed by atoms with Gasteiger partial charge in [0.2, 0.25) is 0 Å². The van der Waals surface area contributed by atoms with Gasteiger partial charge >= 0.3 is 6.03 Å². The second-order valence-electron chi connectivity index (χ2n) is 6.29. The van der Waals surface area contributed by atoms with Crippen LogP contribution in [0.25, 0.3) is 0 Å². The normalized spacial score (nSPS) is 18.7. The summed E-state index contributed by atoms with van der Waals surface area (Å²) in [6, 6.07) is 10.4. The van der Waals surface area contributed by atoms with E-state index < -0.39 is 0 Å². The predicted octanol–water partition coefficient (Wildman–Crippen LogP) is 2.36. The summed E-state index contributed by atoms with van der Waals surface area (Å²) >= 11 is 0. The summed E-state index contributed by atoms with van der Waals surface area (Å²) in [4.78, 5) is 14.4. The van der Waals surface area contributed by atoms with Crippen LogP contribution in [0.2, 0.25) is 0 Å². The van der Waals surface area contributed by atoms with Gasteiger partial charge in [0.25, 0.3) is 0 Å². The number of para-hydroxylation sites is 1. The van der Waals surface area contributed by atoms with Crippen molar-refractivity contribution in [1.29, 1.82) is 0 Å². The minimum absolute atomic E-state index is 0.0936. The Labute approximate surface area is 139 Å². The summed E-state index contributed by atoms with van der Waals surface area (Å²) in [7, 11) is 0. The van der Waals surface area contributed by atoms with E-state index in [0.29, 0.717) is 12.5 Å². The van der Waals surface area contributed by atoms with Crippen molar-refractivity contribution in [2.24, 2.45) is 5.92 Å². The van der Waals surface area contributed by atoms with Gasteiger partial charge in [0.05, 0.1) is 0 Å². The molecule has 1 aliphatic rings. The van der Waals surface area contributed by atoms with Gasteiger partial charge in [-0.25, -0.2) is 4.79 Å². The van der Waals surface area contributed by atoms with E-state index in [1.165, 1.54) is 5.69 Å². The van der Waals surface area contributed by atoms with Crippen LogP contribution in [0.3, 0.4) is 0 Å².